The predicted octanol–water partition coefficient (Wildman–Crippen LogP) is 3.54. The Bertz CT molecular complexity index is 608. The van der Waals surface area contributed by atoms with Crippen molar-refractivity contribution in [3.05, 3.63) is 35.9 Å². The molecule has 0 spiro atoms. The molecule has 2 saturated heterocycles. The van der Waals surface area contributed by atoms with E-state index in [0.717, 1.165) is 57.4 Å². The molecular weight excluding hydrogens is 463 g/mol. The number of benzene rings is 1. The standard InChI is InChI=1S/C22H34N4O.HI/c1-2-23-22(24-13-10-21(27)25-14-6-7-15-25)26-16-11-20(12-17-26)18-19-8-4-3-5-9-19;/h3-5,8-9,20H,2,6-7,10-18H2,1H3,(H,23,24);1H. The van der Waals surface area contributed by atoms with Crippen LogP contribution in [0.15, 0.2) is 35.3 Å². The van der Waals surface area contributed by atoms with Gasteiger partial charge in [-0.05, 0) is 50.5 Å². The summed E-state index contributed by atoms with van der Waals surface area (Å²) in [5, 5.41) is 3.41. The van der Waals surface area contributed by atoms with Gasteiger partial charge in [-0.3, -0.25) is 9.79 Å². The van der Waals surface area contributed by atoms with Gasteiger partial charge in [0.2, 0.25) is 5.91 Å². The summed E-state index contributed by atoms with van der Waals surface area (Å²) >= 11 is 0. The van der Waals surface area contributed by atoms with E-state index in [4.69, 9.17) is 4.99 Å². The quantitative estimate of drug-likeness (QED) is 0.371. The highest BCUT2D eigenvalue weighted by Crippen LogP contribution is 2.21. The summed E-state index contributed by atoms with van der Waals surface area (Å²) in [6.45, 7) is 7.50. The normalized spacial score (nSPS) is 18.1. The maximum absolute atomic E-state index is 12.2. The predicted molar refractivity (Wildman–Crippen MR) is 126 cm³/mol. The Morgan fingerprint density at radius 1 is 1.07 bits per heavy atom. The number of likely N-dealkylation sites (tertiary alicyclic amines) is 2. The molecule has 0 saturated carbocycles. The van der Waals surface area contributed by atoms with Crippen molar-refractivity contribution >= 4 is 35.8 Å². The van der Waals surface area contributed by atoms with Crippen LogP contribution in [0.4, 0.5) is 0 Å². The molecule has 0 unspecified atom stereocenters. The molecule has 28 heavy (non-hydrogen) atoms. The van der Waals surface area contributed by atoms with Crippen molar-refractivity contribution in [1.29, 1.82) is 0 Å². The van der Waals surface area contributed by atoms with Gasteiger partial charge in [-0.15, -0.1) is 24.0 Å². The first-order chi connectivity index (χ1) is 13.3. The molecule has 2 fully saturated rings. The van der Waals surface area contributed by atoms with E-state index in [-0.39, 0.29) is 29.9 Å². The summed E-state index contributed by atoms with van der Waals surface area (Å²) in [6.07, 6.45) is 6.40. The van der Waals surface area contributed by atoms with Crippen LogP contribution in [0.2, 0.25) is 0 Å². The molecule has 2 heterocycles. The van der Waals surface area contributed by atoms with Crippen LogP contribution in [0.5, 0.6) is 0 Å². The van der Waals surface area contributed by atoms with Crippen molar-refractivity contribution in [1.82, 2.24) is 15.1 Å². The molecule has 5 nitrogen and oxygen atoms in total. The van der Waals surface area contributed by atoms with Gasteiger partial charge < -0.3 is 15.1 Å². The number of nitrogens with zero attached hydrogens (tertiary/aromatic N) is 3. The lowest BCUT2D eigenvalue weighted by atomic mass is 9.90. The van der Waals surface area contributed by atoms with Gasteiger partial charge in [0.05, 0.1) is 6.54 Å². The largest absolute Gasteiger partial charge is 0.357 e. The lowest BCUT2D eigenvalue weighted by Crippen LogP contribution is -2.46. The summed E-state index contributed by atoms with van der Waals surface area (Å²) in [5.74, 6) is 1.99. The molecule has 6 heteroatoms. The Hall–Kier alpha value is -1.31. The smallest absolute Gasteiger partial charge is 0.224 e. The Balaban J connectivity index is 0.00000280. The number of guanidine groups is 1. The molecule has 1 aromatic carbocycles. The Morgan fingerprint density at radius 3 is 2.39 bits per heavy atom. The van der Waals surface area contributed by atoms with Crippen molar-refractivity contribution in [2.75, 3.05) is 39.3 Å². The number of nitrogens with one attached hydrogen (secondary N) is 1. The minimum atomic E-state index is 0. The molecular formula is C22H35IN4O. The molecule has 1 aromatic rings. The molecule has 0 aromatic heterocycles. The van der Waals surface area contributed by atoms with Crippen LogP contribution in [0.25, 0.3) is 0 Å². The third-order valence-corrected chi connectivity index (χ3v) is 5.66. The lowest BCUT2D eigenvalue weighted by Gasteiger charge is -2.34. The van der Waals surface area contributed by atoms with E-state index in [1.807, 2.05) is 4.90 Å². The molecule has 0 aliphatic carbocycles. The van der Waals surface area contributed by atoms with Crippen LogP contribution in [0, 0.1) is 5.92 Å². The van der Waals surface area contributed by atoms with E-state index in [9.17, 15) is 4.79 Å². The van der Waals surface area contributed by atoms with Gasteiger partial charge in [0.15, 0.2) is 5.96 Å². The molecule has 3 rings (SSSR count). The monoisotopic (exact) mass is 498 g/mol. The van der Waals surface area contributed by atoms with Gasteiger partial charge >= 0.3 is 0 Å². The fourth-order valence-corrected chi connectivity index (χ4v) is 4.10. The Labute approximate surface area is 187 Å². The average Bonchev–Trinajstić information content (AvgIpc) is 3.24. The van der Waals surface area contributed by atoms with Gasteiger partial charge in [-0.25, -0.2) is 0 Å². The maximum atomic E-state index is 12.2. The summed E-state index contributed by atoms with van der Waals surface area (Å²) in [5.41, 5.74) is 1.44. The first kappa shape index (κ1) is 23.0. The van der Waals surface area contributed by atoms with Crippen LogP contribution >= 0.6 is 24.0 Å². The van der Waals surface area contributed by atoms with Gasteiger partial charge in [-0.2, -0.15) is 0 Å². The van der Waals surface area contributed by atoms with Crippen molar-refractivity contribution in [3.8, 4) is 0 Å². The average molecular weight is 498 g/mol. The fraction of sp³-hybridized carbons (Fsp3) is 0.636. The summed E-state index contributed by atoms with van der Waals surface area (Å²) < 4.78 is 0. The Kier molecular flexibility index (Phi) is 10.1. The zero-order valence-corrected chi connectivity index (χ0v) is 19.4. The van der Waals surface area contributed by atoms with Crippen LogP contribution in [0.1, 0.15) is 44.6 Å². The molecule has 156 valence electrons. The van der Waals surface area contributed by atoms with Crippen molar-refractivity contribution in [2.24, 2.45) is 10.9 Å². The fourth-order valence-electron chi connectivity index (χ4n) is 4.10. The zero-order chi connectivity index (χ0) is 18.9. The van der Waals surface area contributed by atoms with Gasteiger partial charge in [-0.1, -0.05) is 30.3 Å². The maximum Gasteiger partial charge on any atom is 0.224 e. The number of rotatable bonds is 6. The summed E-state index contributed by atoms with van der Waals surface area (Å²) in [6, 6.07) is 10.8. The SMILES string of the molecule is CCNC(=NCCC(=O)N1CCCC1)N1CCC(Cc2ccccc2)CC1.I. The summed E-state index contributed by atoms with van der Waals surface area (Å²) in [7, 11) is 0. The topological polar surface area (TPSA) is 47.9 Å². The Morgan fingerprint density at radius 2 is 1.75 bits per heavy atom. The number of carbonyl (C=O) groups excluding carboxylic acids is 1. The molecule has 2 aliphatic rings. The van der Waals surface area contributed by atoms with Crippen LogP contribution < -0.4 is 5.32 Å². The molecule has 1 N–H and O–H groups in total. The zero-order valence-electron chi connectivity index (χ0n) is 17.1. The van der Waals surface area contributed by atoms with E-state index < -0.39 is 0 Å². The number of hydrogen-bond donors (Lipinski definition) is 1. The highest BCUT2D eigenvalue weighted by atomic mass is 127. The van der Waals surface area contributed by atoms with E-state index in [0.29, 0.717) is 13.0 Å². The molecule has 1 amide bonds. The van der Waals surface area contributed by atoms with Crippen LogP contribution in [-0.4, -0.2) is 60.9 Å². The molecule has 0 atom stereocenters. The lowest BCUT2D eigenvalue weighted by molar-refractivity contribution is -0.129. The molecule has 0 bridgehead atoms. The third kappa shape index (κ3) is 6.94. The number of amides is 1. The van der Waals surface area contributed by atoms with E-state index in [1.54, 1.807) is 0 Å². The van der Waals surface area contributed by atoms with E-state index >= 15 is 0 Å². The van der Waals surface area contributed by atoms with E-state index in [1.165, 1.54) is 24.8 Å². The van der Waals surface area contributed by atoms with Crippen molar-refractivity contribution in [2.45, 2.75) is 45.4 Å². The van der Waals surface area contributed by atoms with Crippen LogP contribution in [-0.2, 0) is 11.2 Å². The second kappa shape index (κ2) is 12.3. The van der Waals surface area contributed by atoms with Crippen molar-refractivity contribution in [3.63, 3.8) is 0 Å². The minimum absolute atomic E-state index is 0. The minimum Gasteiger partial charge on any atom is -0.357 e. The van der Waals surface area contributed by atoms with Gasteiger partial charge in [0.25, 0.3) is 0 Å². The summed E-state index contributed by atoms with van der Waals surface area (Å²) in [4.78, 5) is 21.3. The first-order valence-corrected chi connectivity index (χ1v) is 10.6. The third-order valence-electron chi connectivity index (χ3n) is 5.66. The van der Waals surface area contributed by atoms with E-state index in [2.05, 4.69) is 47.5 Å². The highest BCUT2D eigenvalue weighted by molar-refractivity contribution is 14.0. The van der Waals surface area contributed by atoms with Gasteiger partial charge in [0, 0.05) is 39.1 Å². The number of halogens is 1. The number of piperidine rings is 1. The first-order valence-electron chi connectivity index (χ1n) is 10.6. The van der Waals surface area contributed by atoms with Crippen LogP contribution in [0.3, 0.4) is 0 Å². The van der Waals surface area contributed by atoms with Crippen molar-refractivity contribution < 1.29 is 4.79 Å². The number of aliphatic imine (C=N–C) groups is 1. The second-order valence-corrected chi connectivity index (χ2v) is 7.69. The number of carbonyl (C=O) groups is 1. The molecule has 0 radical (unpaired) electrons. The van der Waals surface area contributed by atoms with Gasteiger partial charge in [0.1, 0.15) is 0 Å². The number of hydrogen-bond acceptors (Lipinski definition) is 2. The highest BCUT2D eigenvalue weighted by Gasteiger charge is 2.22. The molecule has 2 aliphatic heterocycles. The second-order valence-electron chi connectivity index (χ2n) is 7.69.